The molecule has 147 heavy (non-hydrogen) atoms. The molecular weight excluding hydrogens is 2230 g/mol. The predicted octanol–water partition coefficient (Wildman–Crippen LogP) is -1.24. The Morgan fingerprint density at radius 2 is 0.741 bits per heavy atom. The van der Waals surface area contributed by atoms with Gasteiger partial charge >= 0.3 is 30.6 Å². The average molecular weight is 2320 g/mol. The zero-order chi connectivity index (χ0) is 105. The number of aromatic amines is 2. The molecular formula is C72H92N28O33P7S7-5. The maximum absolute atomic E-state index is 15.1. The van der Waals surface area contributed by atoms with E-state index < -0.39 is 257 Å². The van der Waals surface area contributed by atoms with Crippen molar-refractivity contribution in [1.82, 2.24) is 96.8 Å². The number of aryl methyl sites for hydroxylation is 3. The van der Waals surface area contributed by atoms with Crippen molar-refractivity contribution in [1.29, 1.82) is 0 Å². The van der Waals surface area contributed by atoms with Crippen LogP contribution in [0.2, 0.25) is 0 Å². The van der Waals surface area contributed by atoms with Crippen molar-refractivity contribution in [2.75, 3.05) is 75.0 Å². The maximum atomic E-state index is 15.1. The van der Waals surface area contributed by atoms with Gasteiger partial charge in [-0.05, 0) is 39.0 Å². The Labute approximate surface area is 863 Å². The molecule has 8 aliphatic rings. The third-order valence-corrected chi connectivity index (χ3v) is 35.8. The second kappa shape index (κ2) is 44.1. The highest BCUT2D eigenvalue weighted by atomic mass is 32.7. The maximum Gasteiger partial charge on any atom is 0.386 e. The zero-order valence-corrected chi connectivity index (χ0v) is 88.9. The molecule has 7 fully saturated rings. The number of nitrogen functional groups attached to an aromatic ring is 4. The lowest BCUT2D eigenvalue weighted by Crippen LogP contribution is -2.34. The molecule has 800 valence electrons. The first-order chi connectivity index (χ1) is 69.5. The highest BCUT2D eigenvalue weighted by molar-refractivity contribution is 8.44. The Bertz CT molecular complexity index is 7380. The molecule has 18 rings (SSSR count). The van der Waals surface area contributed by atoms with Gasteiger partial charge in [-0.15, -0.1) is 0 Å². The van der Waals surface area contributed by atoms with Crippen LogP contribution < -0.4 is 92.4 Å². The molecule has 75 heteroatoms. The molecule has 8 aliphatic heterocycles. The second-order valence-corrected chi connectivity index (χ2v) is 53.6. The molecule has 18 heterocycles. The number of fused-ring (bicyclic) bond motifs is 4. The monoisotopic (exact) mass is 2320 g/mol. The summed E-state index contributed by atoms with van der Waals surface area (Å²) in [4.78, 5) is 205. The molecule has 10 aromatic heterocycles. The van der Waals surface area contributed by atoms with Crippen LogP contribution in [0.1, 0.15) is 130 Å². The standard InChI is InChI=1S/C72H97N28O33P7S7/c1-6-33-34(7-47(120-33)95-15-31(3)67(101)92-71(95)104)128-135(107,142)114-18-42-36(8-48(121-42)94-14-30(2)58(73)90-70(94)103)129-136(108,143)116-19-43-37(9-49(122-43)96-16-32(4)68(102)93-72(96)105)130-137(109,144)117-20-44-39(12-51(123-44)98-27-86-55-60(75)80-24-83-64(55)98)132-139(111,146)119-22-46-40(13-52(125-46)99-28-87-56-61(76)81-25-84-65(56)99)133-140(112,147)118-21-45-38(11-50(124-45)97-26-85-54-59(74)79-23-82-63(54)97)131-138(110,145)115-17-41-35(127-134(106,141)113-5)10-53(126-41)100-29-88-57-62(77)89-69(78)91-66(57)100/h14-16,23-29,33-53,62H,6-13,17-22,77H2,1-5H3,(H,106,141)(H,107,142)(H,108,143)(H,109,144)(H,110,145)(H,111,146)(H,112,147)(H2,73,90,103)(H2,74,79,82)(H2,75,80,83)(H2,76,81,84)(H3,78,89,91)(H,92,101,104)(H,93,102,105)/p-5/t33-,34-,35-,36-,37-,38-,39-,40-,41-,42-,43-,44-,45-,46-,47-,48-,49-,50-,51-,52-,53-,62?,134?,135?,136?,137?,138?,139?,140?/m1/s1. The molecule has 7 saturated heterocycles. The number of ether oxygens (including phenoxy) is 7. The van der Waals surface area contributed by atoms with Gasteiger partial charge < -0.3 is 157 Å². The average Bonchev–Trinajstić information content (AvgIpc) is 1.62. The predicted molar refractivity (Wildman–Crippen MR) is 525 cm³/mol. The van der Waals surface area contributed by atoms with E-state index in [9.17, 15) is 43.2 Å². The van der Waals surface area contributed by atoms with Crippen LogP contribution in [0.15, 0.2) is 91.8 Å². The van der Waals surface area contributed by atoms with Crippen LogP contribution in [-0.4, -0.2) is 240 Å². The van der Waals surface area contributed by atoms with Crippen LogP contribution in [-0.2, 0) is 172 Å². The summed E-state index contributed by atoms with van der Waals surface area (Å²) in [7, 11) is 1.08. The molecule has 16 N–H and O–H groups in total. The number of aliphatic imine (C=N–C) groups is 1. The van der Waals surface area contributed by atoms with Gasteiger partial charge in [-0.2, -0.15) is 4.98 Å². The number of nitrogens with zero attached hydrogens (tertiary/aromatic N) is 19. The first-order valence-electron chi connectivity index (χ1n) is 44.2. The molecule has 0 amide bonds. The highest BCUT2D eigenvalue weighted by Crippen LogP contribution is 2.60. The van der Waals surface area contributed by atoms with E-state index in [-0.39, 0.29) is 112 Å². The number of aromatic nitrogens is 20. The smallest absolute Gasteiger partial charge is 0.386 e. The number of rotatable bonds is 41. The second-order valence-electron chi connectivity index (χ2n) is 34.3. The van der Waals surface area contributed by atoms with Crippen molar-refractivity contribution in [3.8, 4) is 0 Å². The fraction of sp³-hybridized carbons (Fsp3) is 0.569. The van der Waals surface area contributed by atoms with Crippen molar-refractivity contribution < 1.29 is 130 Å². The summed E-state index contributed by atoms with van der Waals surface area (Å²) in [6.45, 7) is -31.4. The van der Waals surface area contributed by atoms with Gasteiger partial charge in [-0.25, -0.2) is 73.8 Å². The van der Waals surface area contributed by atoms with E-state index in [0.29, 0.717) is 23.5 Å². The number of hydrogen-bond donors (Lipinski definition) is 11. The third kappa shape index (κ3) is 25.0. The van der Waals surface area contributed by atoms with Crippen LogP contribution in [0.25, 0.3) is 33.5 Å². The lowest BCUT2D eigenvalue weighted by atomic mass is 10.1. The fourth-order valence-corrected chi connectivity index (χ4v) is 27.3. The van der Waals surface area contributed by atoms with Crippen molar-refractivity contribution >= 4 is 199 Å². The normalized spacial score (nSPS) is 30.3. The number of anilines is 5. The Balaban J connectivity index is 0.560. The Hall–Kier alpha value is -7.07. The summed E-state index contributed by atoms with van der Waals surface area (Å²) in [6, 6.07) is 0. The molecule has 8 unspecified atom stereocenters. The van der Waals surface area contributed by atoms with Crippen molar-refractivity contribution in [3.05, 3.63) is 137 Å². The van der Waals surface area contributed by atoms with E-state index in [1.807, 2.05) is 0 Å². The number of nitrogens with one attached hydrogen (secondary N) is 3. The highest BCUT2D eigenvalue weighted by Gasteiger charge is 2.51. The van der Waals surface area contributed by atoms with E-state index in [4.69, 9.17) is 202 Å². The van der Waals surface area contributed by atoms with Crippen LogP contribution in [0, 0.1) is 20.8 Å². The summed E-state index contributed by atoms with van der Waals surface area (Å²) in [5.74, 6) is 0.154. The van der Waals surface area contributed by atoms with Crippen molar-refractivity contribution in [2.24, 2.45) is 16.5 Å². The van der Waals surface area contributed by atoms with Gasteiger partial charge in [0.2, 0.25) is 0 Å². The third-order valence-electron chi connectivity index (χ3n) is 24.6. The first kappa shape index (κ1) is 110. The minimum Gasteiger partial charge on any atom is -0.780 e. The van der Waals surface area contributed by atoms with Crippen LogP contribution in [0.3, 0.4) is 0 Å². The van der Waals surface area contributed by atoms with Gasteiger partial charge in [-0.1, -0.05) is 78.2 Å². The molecule has 0 aliphatic carbocycles. The summed E-state index contributed by atoms with van der Waals surface area (Å²) in [5.41, 5.74) is 34.6. The molecule has 0 radical (unpaired) electrons. The van der Waals surface area contributed by atoms with Crippen molar-refractivity contribution in [2.45, 2.75) is 214 Å². The quantitative estimate of drug-likeness (QED) is 0.0158. The van der Waals surface area contributed by atoms with Gasteiger partial charge in [0, 0.05) is 87.3 Å². The van der Waals surface area contributed by atoms with Crippen LogP contribution >= 0.6 is 59.4 Å². The summed E-state index contributed by atoms with van der Waals surface area (Å²) in [5, 5.41) is 2.90. The molecule has 0 saturated carbocycles. The van der Waals surface area contributed by atoms with E-state index in [2.05, 4.69) is 87.3 Å². The number of imidazole rings is 4. The summed E-state index contributed by atoms with van der Waals surface area (Å²) >= 11 is 37.3. The van der Waals surface area contributed by atoms with Gasteiger partial charge in [-0.3, -0.25) is 60.6 Å². The Kier molecular flexibility index (Phi) is 32.9. The minimum atomic E-state index is -5.00. The Morgan fingerprint density at radius 1 is 0.422 bits per heavy atom. The topological polar surface area (TPSA) is 820 Å². The zero-order valence-electron chi connectivity index (χ0n) is 76.9. The van der Waals surface area contributed by atoms with Gasteiger partial charge in [0.25, 0.3) is 11.1 Å². The van der Waals surface area contributed by atoms with E-state index in [1.54, 1.807) is 13.8 Å². The lowest BCUT2D eigenvalue weighted by Gasteiger charge is -2.36. The van der Waals surface area contributed by atoms with Gasteiger partial charge in [0.05, 0.1) is 108 Å². The van der Waals surface area contributed by atoms with Crippen LogP contribution in [0.4, 0.5) is 29.1 Å². The number of H-pyrrole nitrogens is 2. The number of guanidine groups is 1. The molecule has 29 atom stereocenters. The number of thiol groups is 1. The number of hydrogen-bond acceptors (Lipinski definition) is 57. The van der Waals surface area contributed by atoms with E-state index >= 15 is 14.7 Å². The molecule has 0 spiro atoms. The van der Waals surface area contributed by atoms with Crippen molar-refractivity contribution in [3.63, 3.8) is 0 Å². The lowest BCUT2D eigenvalue weighted by molar-refractivity contribution is -0.220. The molecule has 0 bridgehead atoms. The molecule has 10 aromatic rings. The minimum absolute atomic E-state index is 0.00760. The van der Waals surface area contributed by atoms with Gasteiger partial charge in [0.1, 0.15) is 179 Å². The fourth-order valence-electron chi connectivity index (χ4n) is 17.5. The van der Waals surface area contributed by atoms with E-state index in [0.717, 1.165) is 28.9 Å². The summed E-state index contributed by atoms with van der Waals surface area (Å²) in [6.07, 6.45) is -16.6. The first-order valence-corrected chi connectivity index (χ1v) is 62.3. The Morgan fingerprint density at radius 3 is 1.12 bits per heavy atom. The molecule has 61 nitrogen and oxygen atoms in total. The molecule has 0 aromatic carbocycles. The van der Waals surface area contributed by atoms with Gasteiger partial charge in [0.15, 0.2) is 40.4 Å². The summed E-state index contributed by atoms with van der Waals surface area (Å²) < 4.78 is 152. The van der Waals surface area contributed by atoms with E-state index in [1.165, 1.54) is 86.9 Å². The SMILES string of the molecule is CC[C@H]1O[C@@H](n2cc(C)c(=O)[nH]c2=O)C[C@H]1OP(O)(=S)OC[C@H]1O[C@@H](n2cc(C)c(N)nc2=O)C[C@H]1OP(=O)(S)OC[C@H]1O[C@@H](n2cc(C)c(=O)[nH]c2=O)C[C@H]1OP([O-])(=S)OC[C@H]1O[C@@H](n2cnc3c(N)ncnc32)C[C@H]1OP([O-])(=S)OC[C@H]1O[C@@H](n2cnc3c(N)ncnc32)C[C@H]1OP([O-])(=S)OC[C@H]1O[C@@H](n2cnc3c(N)ncnc32)C[C@H]1OP([O-])(=S)OC[C@H]1O[C@@H](n2cnc3c2NC(N)=NC3N)C[C@H]1OP([O-])(=S)OC. The number of nitrogens with two attached hydrogens (primary N) is 6. The van der Waals surface area contributed by atoms with Crippen LogP contribution in [0.5, 0.6) is 0 Å². The largest absolute Gasteiger partial charge is 0.780 e.